The van der Waals surface area contributed by atoms with Crippen molar-refractivity contribution in [2.24, 2.45) is 0 Å². The van der Waals surface area contributed by atoms with Gasteiger partial charge in [0.15, 0.2) is 5.16 Å². The third-order valence-electron chi connectivity index (χ3n) is 2.22. The third-order valence-corrected chi connectivity index (χ3v) is 3.07. The predicted octanol–water partition coefficient (Wildman–Crippen LogP) is 1.33. The average molecular weight is 305 g/mol. The first-order chi connectivity index (χ1) is 8.61. The van der Waals surface area contributed by atoms with E-state index in [1.807, 2.05) is 27.0 Å². The quantitative estimate of drug-likeness (QED) is 0.452. The van der Waals surface area contributed by atoms with Crippen LogP contribution >= 0.6 is 24.2 Å². The fraction of sp³-hybridized carbons (Fsp3) is 0.583. The molecule has 1 heterocycles. The maximum Gasteiger partial charge on any atom is 0.230 e. The van der Waals surface area contributed by atoms with Gasteiger partial charge in [0.2, 0.25) is 5.91 Å². The molecule has 5 nitrogen and oxygen atoms in total. The first-order valence-electron chi connectivity index (χ1n) is 5.98. The molecule has 1 rings (SSSR count). The minimum Gasteiger partial charge on any atom is -0.355 e. The zero-order valence-corrected chi connectivity index (χ0v) is 13.2. The summed E-state index contributed by atoms with van der Waals surface area (Å²) in [6.45, 7) is 5.47. The van der Waals surface area contributed by atoms with Crippen LogP contribution in [0.3, 0.4) is 0 Å². The molecule has 0 aliphatic carbocycles. The fourth-order valence-corrected chi connectivity index (χ4v) is 2.21. The van der Waals surface area contributed by atoms with Gasteiger partial charge in [-0.3, -0.25) is 4.79 Å². The Kier molecular flexibility index (Phi) is 9.55. The van der Waals surface area contributed by atoms with Crippen LogP contribution in [-0.4, -0.2) is 41.8 Å². The summed E-state index contributed by atoms with van der Waals surface area (Å²) in [7, 11) is 1.90. The summed E-state index contributed by atoms with van der Waals surface area (Å²) >= 11 is 1.37. The van der Waals surface area contributed by atoms with Gasteiger partial charge in [0, 0.05) is 17.9 Å². The highest BCUT2D eigenvalue weighted by atomic mass is 35.5. The first-order valence-corrected chi connectivity index (χ1v) is 6.96. The van der Waals surface area contributed by atoms with Gasteiger partial charge in [-0.05, 0) is 39.9 Å². The van der Waals surface area contributed by atoms with Crippen molar-refractivity contribution >= 4 is 30.1 Å². The van der Waals surface area contributed by atoms with Crippen LogP contribution in [0.1, 0.15) is 17.8 Å². The summed E-state index contributed by atoms with van der Waals surface area (Å²) in [5.41, 5.74) is 1.86. The second-order valence-corrected chi connectivity index (χ2v) is 4.97. The molecule has 0 aliphatic rings. The van der Waals surface area contributed by atoms with Gasteiger partial charge in [0.1, 0.15) is 0 Å². The molecule has 0 bridgehead atoms. The van der Waals surface area contributed by atoms with E-state index in [2.05, 4.69) is 20.6 Å². The molecule has 2 N–H and O–H groups in total. The number of amides is 1. The number of carbonyl (C=O) groups is 1. The van der Waals surface area contributed by atoms with Gasteiger partial charge >= 0.3 is 0 Å². The number of rotatable bonds is 7. The molecule has 1 amide bonds. The summed E-state index contributed by atoms with van der Waals surface area (Å²) < 4.78 is 0. The zero-order chi connectivity index (χ0) is 13.4. The number of halogens is 1. The molecule has 0 saturated heterocycles. The fourth-order valence-electron chi connectivity index (χ4n) is 1.43. The number of aryl methyl sites for hydroxylation is 2. The summed E-state index contributed by atoms with van der Waals surface area (Å²) in [4.78, 5) is 20.1. The normalized spacial score (nSPS) is 9.84. The largest absolute Gasteiger partial charge is 0.355 e. The molecular weight excluding hydrogens is 284 g/mol. The molecule has 7 heteroatoms. The standard InChI is InChI=1S/C12H20N4OS.ClH/c1-9-7-10(2)16-12(15-9)18-8-11(17)14-6-4-5-13-3;/h7,13H,4-6,8H2,1-3H3,(H,14,17);1H. The van der Waals surface area contributed by atoms with Gasteiger partial charge in [-0.25, -0.2) is 9.97 Å². The van der Waals surface area contributed by atoms with Crippen LogP contribution in [-0.2, 0) is 4.79 Å². The Labute approximate surface area is 124 Å². The Balaban J connectivity index is 0.00000324. The Bertz CT molecular complexity index is 383. The molecule has 0 aromatic carbocycles. The van der Waals surface area contributed by atoms with E-state index in [1.165, 1.54) is 11.8 Å². The SMILES string of the molecule is CNCCCNC(=O)CSc1nc(C)cc(C)n1.Cl. The number of thioether (sulfide) groups is 1. The van der Waals surface area contributed by atoms with E-state index in [-0.39, 0.29) is 18.3 Å². The molecule has 0 unspecified atom stereocenters. The zero-order valence-electron chi connectivity index (χ0n) is 11.5. The smallest absolute Gasteiger partial charge is 0.230 e. The Hall–Kier alpha value is -0.850. The summed E-state index contributed by atoms with van der Waals surface area (Å²) in [6.07, 6.45) is 0.937. The average Bonchev–Trinajstić information content (AvgIpc) is 2.31. The van der Waals surface area contributed by atoms with Crippen molar-refractivity contribution in [3.8, 4) is 0 Å². The van der Waals surface area contributed by atoms with Gasteiger partial charge in [-0.1, -0.05) is 11.8 Å². The topological polar surface area (TPSA) is 66.9 Å². The second-order valence-electron chi connectivity index (χ2n) is 4.03. The van der Waals surface area contributed by atoms with Crippen LogP contribution in [0.25, 0.3) is 0 Å². The van der Waals surface area contributed by atoms with Gasteiger partial charge in [-0.15, -0.1) is 12.4 Å². The monoisotopic (exact) mass is 304 g/mol. The number of nitrogens with one attached hydrogen (secondary N) is 2. The highest BCUT2D eigenvalue weighted by molar-refractivity contribution is 7.99. The van der Waals surface area contributed by atoms with E-state index in [1.54, 1.807) is 0 Å². The van der Waals surface area contributed by atoms with Crippen molar-refractivity contribution in [1.29, 1.82) is 0 Å². The molecule has 108 valence electrons. The molecule has 19 heavy (non-hydrogen) atoms. The number of hydrogen-bond donors (Lipinski definition) is 2. The highest BCUT2D eigenvalue weighted by Crippen LogP contribution is 2.13. The van der Waals surface area contributed by atoms with E-state index in [0.29, 0.717) is 17.5 Å². The molecule has 0 atom stereocenters. The molecular formula is C12H21ClN4OS. The van der Waals surface area contributed by atoms with Crippen molar-refractivity contribution in [3.05, 3.63) is 17.5 Å². The first kappa shape index (κ1) is 18.1. The van der Waals surface area contributed by atoms with E-state index < -0.39 is 0 Å². The summed E-state index contributed by atoms with van der Waals surface area (Å²) in [6, 6.07) is 1.92. The van der Waals surface area contributed by atoms with E-state index in [4.69, 9.17) is 0 Å². The van der Waals surface area contributed by atoms with Crippen LogP contribution in [0, 0.1) is 13.8 Å². The maximum atomic E-state index is 11.5. The van der Waals surface area contributed by atoms with Gasteiger partial charge < -0.3 is 10.6 Å². The lowest BCUT2D eigenvalue weighted by Gasteiger charge is -2.05. The van der Waals surface area contributed by atoms with E-state index >= 15 is 0 Å². The van der Waals surface area contributed by atoms with Crippen molar-refractivity contribution in [1.82, 2.24) is 20.6 Å². The predicted molar refractivity (Wildman–Crippen MR) is 81.0 cm³/mol. The van der Waals surface area contributed by atoms with Crippen LogP contribution in [0.5, 0.6) is 0 Å². The van der Waals surface area contributed by atoms with Crippen molar-refractivity contribution in [2.45, 2.75) is 25.4 Å². The Morgan fingerprint density at radius 3 is 2.47 bits per heavy atom. The summed E-state index contributed by atoms with van der Waals surface area (Å²) in [5, 5.41) is 6.56. The second kappa shape index (κ2) is 10.00. The number of aromatic nitrogens is 2. The lowest BCUT2D eigenvalue weighted by Crippen LogP contribution is -2.28. The van der Waals surface area contributed by atoms with E-state index in [0.717, 1.165) is 24.4 Å². The molecule has 0 fully saturated rings. The van der Waals surface area contributed by atoms with Gasteiger partial charge in [0.05, 0.1) is 5.75 Å². The van der Waals surface area contributed by atoms with Gasteiger partial charge in [-0.2, -0.15) is 0 Å². The molecule has 1 aromatic rings. The Morgan fingerprint density at radius 1 is 1.26 bits per heavy atom. The van der Waals surface area contributed by atoms with E-state index in [9.17, 15) is 4.79 Å². The minimum atomic E-state index is 0. The maximum absolute atomic E-state index is 11.5. The lowest BCUT2D eigenvalue weighted by atomic mass is 10.4. The van der Waals surface area contributed by atoms with Gasteiger partial charge in [0.25, 0.3) is 0 Å². The number of hydrogen-bond acceptors (Lipinski definition) is 5. The van der Waals surface area contributed by atoms with Crippen molar-refractivity contribution in [3.63, 3.8) is 0 Å². The van der Waals surface area contributed by atoms with Crippen LogP contribution in [0.15, 0.2) is 11.2 Å². The van der Waals surface area contributed by atoms with Crippen LogP contribution < -0.4 is 10.6 Å². The number of carbonyl (C=O) groups excluding carboxylic acids is 1. The van der Waals surface area contributed by atoms with Crippen molar-refractivity contribution in [2.75, 3.05) is 25.9 Å². The van der Waals surface area contributed by atoms with Crippen LogP contribution in [0.2, 0.25) is 0 Å². The number of nitrogens with zero attached hydrogens (tertiary/aromatic N) is 2. The van der Waals surface area contributed by atoms with Crippen LogP contribution in [0.4, 0.5) is 0 Å². The highest BCUT2D eigenvalue weighted by Gasteiger charge is 2.05. The molecule has 0 saturated carbocycles. The summed E-state index contributed by atoms with van der Waals surface area (Å²) in [5.74, 6) is 0.390. The molecule has 0 spiro atoms. The molecule has 0 radical (unpaired) electrons. The third kappa shape index (κ3) is 8.02. The lowest BCUT2D eigenvalue weighted by molar-refractivity contribution is -0.118. The van der Waals surface area contributed by atoms with Crippen molar-refractivity contribution < 1.29 is 4.79 Å². The molecule has 0 aliphatic heterocycles. The Morgan fingerprint density at radius 2 is 1.89 bits per heavy atom. The minimum absolute atomic E-state index is 0. The molecule has 1 aromatic heterocycles.